The smallest absolute Gasteiger partial charge is 0.147 e. The van der Waals surface area contributed by atoms with E-state index in [0.717, 1.165) is 5.75 Å². The molecule has 1 aromatic heterocycles. The summed E-state index contributed by atoms with van der Waals surface area (Å²) in [6.45, 7) is 2.06. The molecular weight excluding hydrogens is 206 g/mol. The van der Waals surface area contributed by atoms with Gasteiger partial charge in [0.2, 0.25) is 0 Å². The Balaban J connectivity index is 2.77. The normalized spacial score (nSPS) is 11.7. The number of hydrogen-bond donors (Lipinski definition) is 1. The second kappa shape index (κ2) is 5.09. The van der Waals surface area contributed by atoms with Crippen molar-refractivity contribution in [2.75, 3.05) is 5.75 Å². The third kappa shape index (κ3) is 3.24. The number of nitrogens with two attached hydrogens (primary N) is 1. The summed E-state index contributed by atoms with van der Waals surface area (Å²) in [5.74, 6) is 0.988. The van der Waals surface area contributed by atoms with E-state index in [1.807, 2.05) is 5.41 Å². The summed E-state index contributed by atoms with van der Waals surface area (Å²) in [7, 11) is 0. The molecule has 0 fully saturated rings. The molecule has 70 valence electrons. The summed E-state index contributed by atoms with van der Waals surface area (Å²) < 4.78 is 0. The van der Waals surface area contributed by atoms with Crippen molar-refractivity contribution in [3.63, 3.8) is 0 Å². The van der Waals surface area contributed by atoms with E-state index in [0.29, 0.717) is 16.5 Å². The standard InChI is InChI=1S/C8H10ClN3S/c1-2-13-5-6(10)7-3-12-8(9)4-11-7/h3-5H,2,10H2,1H3/b6-5+. The van der Waals surface area contributed by atoms with Crippen LogP contribution in [0.15, 0.2) is 17.8 Å². The zero-order valence-corrected chi connectivity index (χ0v) is 8.77. The van der Waals surface area contributed by atoms with Crippen LogP contribution in [0.3, 0.4) is 0 Å². The quantitative estimate of drug-likeness (QED) is 0.840. The molecular formula is C8H10ClN3S. The van der Waals surface area contributed by atoms with Gasteiger partial charge in [0.1, 0.15) is 10.8 Å². The van der Waals surface area contributed by atoms with Crippen molar-refractivity contribution in [3.05, 3.63) is 28.6 Å². The summed E-state index contributed by atoms with van der Waals surface area (Å²) in [6.07, 6.45) is 3.04. The van der Waals surface area contributed by atoms with Crippen LogP contribution in [0, 0.1) is 0 Å². The molecule has 0 spiro atoms. The lowest BCUT2D eigenvalue weighted by atomic mass is 10.4. The molecule has 3 nitrogen and oxygen atoms in total. The summed E-state index contributed by atoms with van der Waals surface area (Å²) in [5, 5.41) is 2.23. The molecule has 5 heteroatoms. The summed E-state index contributed by atoms with van der Waals surface area (Å²) in [5.41, 5.74) is 7.00. The van der Waals surface area contributed by atoms with Gasteiger partial charge < -0.3 is 5.73 Å². The molecule has 1 rings (SSSR count). The van der Waals surface area contributed by atoms with Gasteiger partial charge in [-0.05, 0) is 11.2 Å². The van der Waals surface area contributed by atoms with Crippen LogP contribution in [0.1, 0.15) is 12.6 Å². The summed E-state index contributed by atoms with van der Waals surface area (Å²) >= 11 is 7.21. The van der Waals surface area contributed by atoms with Gasteiger partial charge in [-0.15, -0.1) is 11.8 Å². The summed E-state index contributed by atoms with van der Waals surface area (Å²) in [4.78, 5) is 7.91. The highest BCUT2D eigenvalue weighted by atomic mass is 35.5. The Hall–Kier alpha value is -0.740. The molecule has 0 atom stereocenters. The van der Waals surface area contributed by atoms with E-state index in [-0.39, 0.29) is 0 Å². The predicted octanol–water partition coefficient (Wildman–Crippen LogP) is 2.14. The Bertz CT molecular complexity index is 297. The van der Waals surface area contributed by atoms with Crippen molar-refractivity contribution in [3.8, 4) is 0 Å². The Morgan fingerprint density at radius 1 is 1.62 bits per heavy atom. The van der Waals surface area contributed by atoms with E-state index in [2.05, 4.69) is 16.9 Å². The molecule has 0 amide bonds. The van der Waals surface area contributed by atoms with Gasteiger partial charge in [0.05, 0.1) is 18.1 Å². The van der Waals surface area contributed by atoms with Gasteiger partial charge in [0.15, 0.2) is 0 Å². The van der Waals surface area contributed by atoms with E-state index in [1.165, 1.54) is 6.20 Å². The highest BCUT2D eigenvalue weighted by molar-refractivity contribution is 8.02. The van der Waals surface area contributed by atoms with Crippen molar-refractivity contribution < 1.29 is 0 Å². The number of nitrogens with zero attached hydrogens (tertiary/aromatic N) is 2. The first-order valence-electron chi connectivity index (χ1n) is 3.79. The number of hydrogen-bond acceptors (Lipinski definition) is 4. The molecule has 0 bridgehead atoms. The van der Waals surface area contributed by atoms with Crippen LogP contribution in [-0.4, -0.2) is 15.7 Å². The fourth-order valence-corrected chi connectivity index (χ4v) is 1.26. The first-order valence-corrected chi connectivity index (χ1v) is 5.22. The Morgan fingerprint density at radius 3 is 2.92 bits per heavy atom. The Kier molecular flexibility index (Phi) is 4.05. The average Bonchev–Trinajstić information content (AvgIpc) is 2.15. The third-order valence-electron chi connectivity index (χ3n) is 1.29. The Labute approximate surface area is 86.4 Å². The maximum atomic E-state index is 5.73. The molecule has 13 heavy (non-hydrogen) atoms. The molecule has 0 aliphatic heterocycles. The maximum absolute atomic E-state index is 5.73. The highest BCUT2D eigenvalue weighted by Gasteiger charge is 1.97. The van der Waals surface area contributed by atoms with Crippen molar-refractivity contribution in [2.45, 2.75) is 6.92 Å². The van der Waals surface area contributed by atoms with E-state index in [1.54, 1.807) is 18.0 Å². The molecule has 0 aromatic carbocycles. The number of rotatable bonds is 3. The van der Waals surface area contributed by atoms with Crippen LogP contribution in [0.5, 0.6) is 0 Å². The van der Waals surface area contributed by atoms with Crippen LogP contribution < -0.4 is 5.73 Å². The molecule has 0 aliphatic carbocycles. The number of thioether (sulfide) groups is 1. The van der Waals surface area contributed by atoms with Crippen molar-refractivity contribution in [2.24, 2.45) is 5.73 Å². The van der Waals surface area contributed by atoms with Crippen LogP contribution in [0.4, 0.5) is 0 Å². The lowest BCUT2D eigenvalue weighted by molar-refractivity contribution is 1.16. The van der Waals surface area contributed by atoms with Gasteiger partial charge in [-0.1, -0.05) is 18.5 Å². The van der Waals surface area contributed by atoms with Gasteiger partial charge in [0, 0.05) is 0 Å². The van der Waals surface area contributed by atoms with Gasteiger partial charge in [-0.25, -0.2) is 9.97 Å². The van der Waals surface area contributed by atoms with E-state index >= 15 is 0 Å². The molecule has 0 unspecified atom stereocenters. The first-order chi connectivity index (χ1) is 6.24. The van der Waals surface area contributed by atoms with Gasteiger partial charge in [0.25, 0.3) is 0 Å². The average molecular weight is 216 g/mol. The monoisotopic (exact) mass is 215 g/mol. The Morgan fingerprint density at radius 2 is 2.38 bits per heavy atom. The van der Waals surface area contributed by atoms with Gasteiger partial charge >= 0.3 is 0 Å². The molecule has 0 saturated heterocycles. The largest absolute Gasteiger partial charge is 0.397 e. The molecule has 0 radical (unpaired) electrons. The molecule has 1 aromatic rings. The minimum atomic E-state index is 0.375. The van der Waals surface area contributed by atoms with Gasteiger partial charge in [-0.3, -0.25) is 0 Å². The zero-order valence-electron chi connectivity index (χ0n) is 7.20. The van der Waals surface area contributed by atoms with Crippen molar-refractivity contribution in [1.82, 2.24) is 9.97 Å². The SMILES string of the molecule is CCS/C=C(/N)c1cnc(Cl)cn1. The number of aromatic nitrogens is 2. The molecule has 1 heterocycles. The van der Waals surface area contributed by atoms with Crippen LogP contribution in [0.25, 0.3) is 5.70 Å². The van der Waals surface area contributed by atoms with Crippen LogP contribution >= 0.6 is 23.4 Å². The maximum Gasteiger partial charge on any atom is 0.147 e. The minimum absolute atomic E-state index is 0.375. The van der Waals surface area contributed by atoms with E-state index < -0.39 is 0 Å². The number of halogens is 1. The zero-order chi connectivity index (χ0) is 9.68. The summed E-state index contributed by atoms with van der Waals surface area (Å²) in [6, 6.07) is 0. The lowest BCUT2D eigenvalue weighted by Gasteiger charge is -1.98. The van der Waals surface area contributed by atoms with E-state index in [9.17, 15) is 0 Å². The molecule has 0 aliphatic rings. The highest BCUT2D eigenvalue weighted by Crippen LogP contribution is 2.11. The molecule has 0 saturated carbocycles. The second-order valence-electron chi connectivity index (χ2n) is 2.25. The topological polar surface area (TPSA) is 51.8 Å². The van der Waals surface area contributed by atoms with Crippen molar-refractivity contribution >= 4 is 29.1 Å². The van der Waals surface area contributed by atoms with E-state index in [4.69, 9.17) is 17.3 Å². The molecule has 2 N–H and O–H groups in total. The van der Waals surface area contributed by atoms with Crippen molar-refractivity contribution in [1.29, 1.82) is 0 Å². The fourth-order valence-electron chi connectivity index (χ4n) is 0.695. The van der Waals surface area contributed by atoms with Crippen LogP contribution in [0.2, 0.25) is 5.15 Å². The second-order valence-corrected chi connectivity index (χ2v) is 3.79. The predicted molar refractivity (Wildman–Crippen MR) is 57.3 cm³/mol. The minimum Gasteiger partial charge on any atom is -0.397 e. The third-order valence-corrected chi connectivity index (χ3v) is 2.24. The lowest BCUT2D eigenvalue weighted by Crippen LogP contribution is -1.99. The first kappa shape index (κ1) is 10.3. The van der Waals surface area contributed by atoms with Gasteiger partial charge in [-0.2, -0.15) is 0 Å². The van der Waals surface area contributed by atoms with Crippen LogP contribution in [-0.2, 0) is 0 Å². The fraction of sp³-hybridized carbons (Fsp3) is 0.250.